The maximum absolute atomic E-state index is 13.5. The molecule has 0 N–H and O–H groups in total. The fourth-order valence-electron chi connectivity index (χ4n) is 7.79. The van der Waals surface area contributed by atoms with Crippen molar-refractivity contribution in [1.82, 2.24) is 4.90 Å². The Kier molecular flexibility index (Phi) is 6.23. The monoisotopic (exact) mass is 449 g/mol. The summed E-state index contributed by atoms with van der Waals surface area (Å²) in [6.45, 7) is 7.98. The summed E-state index contributed by atoms with van der Waals surface area (Å²) >= 11 is 0. The van der Waals surface area contributed by atoms with E-state index in [0.717, 1.165) is 19.3 Å². The van der Waals surface area contributed by atoms with Crippen LogP contribution in [-0.4, -0.2) is 54.8 Å². The van der Waals surface area contributed by atoms with Crippen LogP contribution in [0.5, 0.6) is 0 Å². The number of likely N-dealkylation sites (tertiary alicyclic amines) is 1. The minimum Gasteiger partial charge on any atom is -0.465 e. The van der Waals surface area contributed by atoms with Crippen molar-refractivity contribution in [2.45, 2.75) is 84.7 Å². The lowest BCUT2D eigenvalue weighted by Gasteiger charge is -2.55. The normalized spacial score (nSPS) is 39.8. The molecule has 1 saturated heterocycles. The number of nitrogens with zero attached hydrogens (tertiary/aromatic N) is 1. The van der Waals surface area contributed by atoms with Crippen LogP contribution in [0.15, 0.2) is 0 Å². The Morgan fingerprint density at radius 2 is 1.16 bits per heavy atom. The van der Waals surface area contributed by atoms with Crippen molar-refractivity contribution in [3.63, 3.8) is 0 Å². The van der Waals surface area contributed by atoms with Crippen LogP contribution >= 0.6 is 0 Å². The molecule has 5 aliphatic rings. The van der Waals surface area contributed by atoms with Crippen LogP contribution in [0.3, 0.4) is 0 Å². The van der Waals surface area contributed by atoms with Crippen LogP contribution in [0.4, 0.5) is 4.79 Å². The Bertz CT molecular complexity index is 696. The van der Waals surface area contributed by atoms with E-state index in [1.165, 1.54) is 19.3 Å². The molecule has 4 bridgehead atoms. The number of hydrogen-bond acceptors (Lipinski definition) is 6. The molecule has 7 nitrogen and oxygen atoms in total. The summed E-state index contributed by atoms with van der Waals surface area (Å²) in [6.07, 6.45) is 7.04. The quantitative estimate of drug-likeness (QED) is 0.425. The molecule has 5 rings (SSSR count). The summed E-state index contributed by atoms with van der Waals surface area (Å²) < 4.78 is 17.2. The lowest BCUT2D eigenvalue weighted by Crippen LogP contribution is -2.54. The second-order valence-corrected chi connectivity index (χ2v) is 10.6. The molecule has 0 unspecified atom stereocenters. The lowest BCUT2D eigenvalue weighted by molar-refractivity contribution is -0.176. The van der Waals surface area contributed by atoms with E-state index in [1.54, 1.807) is 18.7 Å². The summed E-state index contributed by atoms with van der Waals surface area (Å²) in [7, 11) is 0. The van der Waals surface area contributed by atoms with Crippen LogP contribution in [0.1, 0.15) is 79.1 Å². The van der Waals surface area contributed by atoms with E-state index in [-0.39, 0.29) is 31.9 Å². The molecule has 0 aromatic rings. The maximum atomic E-state index is 13.5. The highest BCUT2D eigenvalue weighted by molar-refractivity contribution is 5.91. The fourth-order valence-corrected chi connectivity index (χ4v) is 7.79. The number of carbonyl (C=O) groups is 3. The Labute approximate surface area is 191 Å². The molecular weight excluding hydrogens is 410 g/mol. The average molecular weight is 450 g/mol. The van der Waals surface area contributed by atoms with Crippen LogP contribution in [-0.2, 0) is 23.8 Å². The van der Waals surface area contributed by atoms with E-state index < -0.39 is 28.9 Å². The molecule has 0 radical (unpaired) electrons. The van der Waals surface area contributed by atoms with E-state index in [9.17, 15) is 14.4 Å². The van der Waals surface area contributed by atoms with Gasteiger partial charge in [-0.1, -0.05) is 13.8 Å². The molecule has 5 fully saturated rings. The van der Waals surface area contributed by atoms with Crippen molar-refractivity contribution in [2.24, 2.45) is 28.6 Å². The molecule has 180 valence electrons. The zero-order valence-corrected chi connectivity index (χ0v) is 20.1. The molecule has 1 aliphatic heterocycles. The summed E-state index contributed by atoms with van der Waals surface area (Å²) in [5, 5.41) is 0. The zero-order valence-electron chi connectivity index (χ0n) is 20.1. The van der Waals surface area contributed by atoms with Gasteiger partial charge in [0, 0.05) is 13.1 Å². The molecule has 0 aromatic heterocycles. The fraction of sp³-hybridized carbons (Fsp3) is 0.880. The summed E-state index contributed by atoms with van der Waals surface area (Å²) in [6, 6.07) is 0. The number of amides is 1. The Morgan fingerprint density at radius 3 is 1.50 bits per heavy atom. The number of ether oxygens (including phenoxy) is 3. The first-order valence-electron chi connectivity index (χ1n) is 12.6. The van der Waals surface area contributed by atoms with Gasteiger partial charge in [0.05, 0.1) is 13.2 Å². The molecule has 1 heterocycles. The standard InChI is InChI=1S/C25H39NO6/c1-5-24(20(27)30-7-3)15-26(16-25(24,6-2)21(28)31-8-4)22(29)32-23-12-17-9-18(13-23)11-19(10-17)14-23/h17-19H,5-16H2,1-4H3/t17?,18?,19?,23?,24-,25+. The molecule has 4 aliphatic carbocycles. The van der Waals surface area contributed by atoms with Gasteiger partial charge in [0.25, 0.3) is 0 Å². The highest BCUT2D eigenvalue weighted by Crippen LogP contribution is 2.58. The topological polar surface area (TPSA) is 82.1 Å². The maximum Gasteiger partial charge on any atom is 0.410 e. The molecular formula is C25H39NO6. The van der Waals surface area contributed by atoms with Crippen LogP contribution in [0, 0.1) is 28.6 Å². The number of carbonyl (C=O) groups excluding carboxylic acids is 3. The average Bonchev–Trinajstić information content (AvgIpc) is 3.10. The Hall–Kier alpha value is -1.79. The summed E-state index contributed by atoms with van der Waals surface area (Å²) in [4.78, 5) is 41.6. The van der Waals surface area contributed by atoms with Gasteiger partial charge in [-0.15, -0.1) is 0 Å². The van der Waals surface area contributed by atoms with Crippen LogP contribution in [0.2, 0.25) is 0 Å². The highest BCUT2D eigenvalue weighted by atomic mass is 16.6. The highest BCUT2D eigenvalue weighted by Gasteiger charge is 2.67. The smallest absolute Gasteiger partial charge is 0.410 e. The predicted molar refractivity (Wildman–Crippen MR) is 118 cm³/mol. The van der Waals surface area contributed by atoms with Crippen molar-refractivity contribution >= 4 is 18.0 Å². The van der Waals surface area contributed by atoms with Gasteiger partial charge in [-0.25, -0.2) is 4.79 Å². The van der Waals surface area contributed by atoms with E-state index in [1.807, 2.05) is 13.8 Å². The van der Waals surface area contributed by atoms with Crippen molar-refractivity contribution in [2.75, 3.05) is 26.3 Å². The van der Waals surface area contributed by atoms with Gasteiger partial charge < -0.3 is 19.1 Å². The number of esters is 2. The van der Waals surface area contributed by atoms with E-state index >= 15 is 0 Å². The SMILES string of the molecule is CCOC(=O)[C@]1(CC)CN(C(=O)OC23CC4CC(CC(C4)C2)C3)C[C@]1(CC)C(=O)OCC. The first kappa shape index (κ1) is 23.4. The molecule has 0 aromatic carbocycles. The molecule has 7 heteroatoms. The largest absolute Gasteiger partial charge is 0.465 e. The number of rotatable bonds is 7. The minimum atomic E-state index is -1.13. The van der Waals surface area contributed by atoms with Crippen molar-refractivity contribution < 1.29 is 28.6 Å². The van der Waals surface area contributed by atoms with Crippen molar-refractivity contribution in [3.05, 3.63) is 0 Å². The van der Waals surface area contributed by atoms with Gasteiger partial charge in [-0.2, -0.15) is 0 Å². The van der Waals surface area contributed by atoms with Gasteiger partial charge in [0.2, 0.25) is 0 Å². The number of hydrogen-bond donors (Lipinski definition) is 0. The molecule has 0 spiro atoms. The third kappa shape index (κ3) is 3.50. The zero-order chi connectivity index (χ0) is 23.1. The predicted octanol–water partition coefficient (Wildman–Crippen LogP) is 4.33. The van der Waals surface area contributed by atoms with E-state index in [4.69, 9.17) is 14.2 Å². The van der Waals surface area contributed by atoms with Gasteiger partial charge in [0.1, 0.15) is 16.4 Å². The first-order chi connectivity index (χ1) is 15.3. The Balaban J connectivity index is 1.60. The molecule has 32 heavy (non-hydrogen) atoms. The Morgan fingerprint density at radius 1 is 0.750 bits per heavy atom. The second kappa shape index (κ2) is 8.53. The van der Waals surface area contributed by atoms with Gasteiger partial charge in [0.15, 0.2) is 0 Å². The van der Waals surface area contributed by atoms with Gasteiger partial charge in [-0.05, 0) is 83.0 Å². The summed E-state index contributed by atoms with van der Waals surface area (Å²) in [5.41, 5.74) is -2.64. The lowest BCUT2D eigenvalue weighted by atomic mass is 9.54. The summed E-state index contributed by atoms with van der Waals surface area (Å²) in [5.74, 6) is 1.13. The van der Waals surface area contributed by atoms with E-state index in [2.05, 4.69) is 0 Å². The second-order valence-electron chi connectivity index (χ2n) is 10.6. The first-order valence-corrected chi connectivity index (χ1v) is 12.6. The van der Waals surface area contributed by atoms with Crippen molar-refractivity contribution in [1.29, 1.82) is 0 Å². The van der Waals surface area contributed by atoms with E-state index in [0.29, 0.717) is 30.6 Å². The van der Waals surface area contributed by atoms with Crippen LogP contribution in [0.25, 0.3) is 0 Å². The minimum absolute atomic E-state index is 0.125. The third-order valence-electron chi connectivity index (χ3n) is 8.92. The molecule has 2 atom stereocenters. The van der Waals surface area contributed by atoms with Crippen LogP contribution < -0.4 is 0 Å². The van der Waals surface area contributed by atoms with Crippen molar-refractivity contribution in [3.8, 4) is 0 Å². The molecule has 1 amide bonds. The van der Waals surface area contributed by atoms with Gasteiger partial charge >= 0.3 is 18.0 Å². The van der Waals surface area contributed by atoms with Gasteiger partial charge in [-0.3, -0.25) is 9.59 Å². The third-order valence-corrected chi connectivity index (χ3v) is 8.92. The molecule has 4 saturated carbocycles.